The van der Waals surface area contributed by atoms with Gasteiger partial charge >= 0.3 is 0 Å². The first-order valence-electron chi connectivity index (χ1n) is 8.26. The van der Waals surface area contributed by atoms with Gasteiger partial charge in [-0.1, -0.05) is 15.9 Å². The molecule has 0 spiro atoms. The first kappa shape index (κ1) is 20.8. The van der Waals surface area contributed by atoms with Crippen LogP contribution < -0.4 is 10.1 Å². The van der Waals surface area contributed by atoms with E-state index in [1.807, 2.05) is 36.4 Å². The third-order valence-electron chi connectivity index (χ3n) is 3.93. The van der Waals surface area contributed by atoms with Crippen molar-refractivity contribution in [3.8, 4) is 5.75 Å². The molecule has 0 atom stereocenters. The number of nitrogens with zero attached hydrogens (tertiary/aromatic N) is 1. The highest BCUT2D eigenvalue weighted by Gasteiger charge is 2.10. The van der Waals surface area contributed by atoms with Gasteiger partial charge in [0.15, 0.2) is 0 Å². The molecule has 0 radical (unpaired) electrons. The molecule has 0 aliphatic rings. The Morgan fingerprint density at radius 3 is 2.07 bits per heavy atom. The highest BCUT2D eigenvalue weighted by atomic mass is 79.9. The molecular weight excluding hydrogens is 556 g/mol. The third-order valence-corrected chi connectivity index (χ3v) is 5.64. The van der Waals surface area contributed by atoms with Gasteiger partial charge in [-0.3, -0.25) is 10.1 Å². The Kier molecular flexibility index (Phi) is 7.09. The summed E-state index contributed by atoms with van der Waals surface area (Å²) in [7, 11) is 0. The van der Waals surface area contributed by atoms with Crippen LogP contribution in [-0.2, 0) is 13.2 Å². The average Bonchev–Trinajstić information content (AvgIpc) is 2.67. The van der Waals surface area contributed by atoms with Gasteiger partial charge in [-0.15, -0.1) is 0 Å². The van der Waals surface area contributed by atoms with E-state index in [9.17, 15) is 10.1 Å². The molecular formula is C20H15Br3N2O3. The van der Waals surface area contributed by atoms with Crippen LogP contribution in [0.4, 0.5) is 11.4 Å². The second kappa shape index (κ2) is 9.54. The van der Waals surface area contributed by atoms with Crippen LogP contribution in [0, 0.1) is 10.1 Å². The van der Waals surface area contributed by atoms with Gasteiger partial charge in [-0.2, -0.15) is 0 Å². The van der Waals surface area contributed by atoms with Crippen molar-refractivity contribution in [1.29, 1.82) is 0 Å². The van der Waals surface area contributed by atoms with E-state index in [0.717, 1.165) is 30.2 Å². The van der Waals surface area contributed by atoms with Crippen LogP contribution in [0.25, 0.3) is 0 Å². The molecule has 0 heterocycles. The molecule has 0 saturated carbocycles. The molecule has 28 heavy (non-hydrogen) atoms. The lowest BCUT2D eigenvalue weighted by Crippen LogP contribution is -2.01. The van der Waals surface area contributed by atoms with Gasteiger partial charge in [0.2, 0.25) is 0 Å². The molecule has 0 aliphatic heterocycles. The van der Waals surface area contributed by atoms with Gasteiger partial charge in [0.1, 0.15) is 12.4 Å². The number of nitro benzene ring substituents is 1. The van der Waals surface area contributed by atoms with Crippen molar-refractivity contribution < 1.29 is 9.66 Å². The van der Waals surface area contributed by atoms with Gasteiger partial charge in [0.25, 0.3) is 5.69 Å². The highest BCUT2D eigenvalue weighted by molar-refractivity contribution is 9.11. The lowest BCUT2D eigenvalue weighted by atomic mass is 10.2. The number of nitrogens with one attached hydrogen (secondary N) is 1. The van der Waals surface area contributed by atoms with E-state index in [1.165, 1.54) is 12.1 Å². The van der Waals surface area contributed by atoms with Crippen LogP contribution in [0.15, 0.2) is 74.1 Å². The molecule has 0 aliphatic carbocycles. The molecule has 5 nitrogen and oxygen atoms in total. The molecule has 3 aromatic rings. The van der Waals surface area contributed by atoms with E-state index in [4.69, 9.17) is 4.74 Å². The van der Waals surface area contributed by atoms with Crippen molar-refractivity contribution in [2.75, 3.05) is 5.32 Å². The maximum Gasteiger partial charge on any atom is 0.269 e. The number of non-ortho nitro benzene ring substituents is 1. The van der Waals surface area contributed by atoms with Crippen LogP contribution in [-0.4, -0.2) is 4.92 Å². The zero-order valence-electron chi connectivity index (χ0n) is 14.5. The monoisotopic (exact) mass is 568 g/mol. The third kappa shape index (κ3) is 5.56. The minimum absolute atomic E-state index is 0.0636. The molecule has 0 bridgehead atoms. The second-order valence-corrected chi connectivity index (χ2v) is 8.59. The van der Waals surface area contributed by atoms with E-state index in [2.05, 4.69) is 53.1 Å². The maximum atomic E-state index is 10.7. The molecule has 1 N–H and O–H groups in total. The van der Waals surface area contributed by atoms with Crippen molar-refractivity contribution in [2.24, 2.45) is 0 Å². The van der Waals surface area contributed by atoms with Crippen molar-refractivity contribution in [1.82, 2.24) is 0 Å². The van der Waals surface area contributed by atoms with Crippen molar-refractivity contribution in [3.05, 3.63) is 95.3 Å². The summed E-state index contributed by atoms with van der Waals surface area (Å²) in [6.07, 6.45) is 0. The molecule has 0 unspecified atom stereocenters. The standard InChI is InChI=1S/C20H15Br3N2O3/c21-15-3-5-16(6-4-15)24-11-14-9-18(22)20(19(23)10-14)28-12-13-1-7-17(8-2-13)25(26)27/h1-10,24H,11-12H2. The van der Waals surface area contributed by atoms with E-state index >= 15 is 0 Å². The normalized spacial score (nSPS) is 10.5. The number of benzene rings is 3. The van der Waals surface area contributed by atoms with E-state index < -0.39 is 4.92 Å². The minimum Gasteiger partial charge on any atom is -0.487 e. The second-order valence-electron chi connectivity index (χ2n) is 5.96. The fraction of sp³-hybridized carbons (Fsp3) is 0.100. The Morgan fingerprint density at radius 2 is 1.50 bits per heavy atom. The largest absolute Gasteiger partial charge is 0.487 e. The zero-order valence-corrected chi connectivity index (χ0v) is 19.3. The highest BCUT2D eigenvalue weighted by Crippen LogP contribution is 2.35. The first-order chi connectivity index (χ1) is 13.4. The van der Waals surface area contributed by atoms with Gasteiger partial charge in [0, 0.05) is 28.8 Å². The van der Waals surface area contributed by atoms with Crippen molar-refractivity contribution >= 4 is 59.2 Å². The molecule has 0 amide bonds. The van der Waals surface area contributed by atoms with Crippen molar-refractivity contribution in [3.63, 3.8) is 0 Å². The summed E-state index contributed by atoms with van der Waals surface area (Å²) in [5, 5.41) is 14.1. The van der Waals surface area contributed by atoms with Crippen LogP contribution in [0.3, 0.4) is 0 Å². The summed E-state index contributed by atoms with van der Waals surface area (Å²) >= 11 is 10.5. The fourth-order valence-corrected chi connectivity index (χ4v) is 4.27. The quantitative estimate of drug-likeness (QED) is 0.244. The Labute approximate surface area is 187 Å². The molecule has 3 rings (SSSR count). The number of hydrogen-bond acceptors (Lipinski definition) is 4. The molecule has 8 heteroatoms. The average molecular weight is 571 g/mol. The van der Waals surface area contributed by atoms with Crippen molar-refractivity contribution in [2.45, 2.75) is 13.2 Å². The van der Waals surface area contributed by atoms with Gasteiger partial charge in [-0.25, -0.2) is 0 Å². The Hall–Kier alpha value is -1.90. The summed E-state index contributed by atoms with van der Waals surface area (Å²) in [6, 6.07) is 18.3. The maximum absolute atomic E-state index is 10.7. The first-order valence-corrected chi connectivity index (χ1v) is 10.6. The zero-order chi connectivity index (χ0) is 20.1. The molecule has 3 aromatic carbocycles. The van der Waals surface area contributed by atoms with E-state index in [0.29, 0.717) is 18.9 Å². The fourth-order valence-electron chi connectivity index (χ4n) is 2.49. The number of anilines is 1. The van der Waals surface area contributed by atoms with E-state index in [1.54, 1.807) is 12.1 Å². The smallest absolute Gasteiger partial charge is 0.269 e. The summed E-state index contributed by atoms with van der Waals surface area (Å²) in [5.41, 5.74) is 3.04. The Morgan fingerprint density at radius 1 is 0.893 bits per heavy atom. The number of halogens is 3. The lowest BCUT2D eigenvalue weighted by Gasteiger charge is -2.13. The van der Waals surface area contributed by atoms with Gasteiger partial charge in [0.05, 0.1) is 13.9 Å². The van der Waals surface area contributed by atoms with Crippen LogP contribution in [0.1, 0.15) is 11.1 Å². The van der Waals surface area contributed by atoms with Crippen LogP contribution in [0.5, 0.6) is 5.75 Å². The Balaban J connectivity index is 1.64. The predicted octanol–water partition coefficient (Wildman–Crippen LogP) is 7.07. The van der Waals surface area contributed by atoms with Gasteiger partial charge < -0.3 is 10.1 Å². The summed E-state index contributed by atoms with van der Waals surface area (Å²) in [4.78, 5) is 10.3. The van der Waals surface area contributed by atoms with E-state index in [-0.39, 0.29) is 5.69 Å². The van der Waals surface area contributed by atoms with Crippen LogP contribution >= 0.6 is 47.8 Å². The molecule has 0 aromatic heterocycles. The van der Waals surface area contributed by atoms with Crippen LogP contribution in [0.2, 0.25) is 0 Å². The predicted molar refractivity (Wildman–Crippen MR) is 121 cm³/mol. The summed E-state index contributed by atoms with van der Waals surface area (Å²) < 4.78 is 8.60. The minimum atomic E-state index is -0.418. The summed E-state index contributed by atoms with van der Waals surface area (Å²) in [5.74, 6) is 0.686. The Bertz CT molecular complexity index is 954. The number of nitro groups is 1. The summed E-state index contributed by atoms with van der Waals surface area (Å²) in [6.45, 7) is 0.979. The number of hydrogen-bond donors (Lipinski definition) is 1. The number of rotatable bonds is 7. The SMILES string of the molecule is O=[N+]([O-])c1ccc(COc2c(Br)cc(CNc3ccc(Br)cc3)cc2Br)cc1. The molecule has 0 saturated heterocycles. The number of ether oxygens (including phenoxy) is 1. The molecule has 144 valence electrons. The van der Waals surface area contributed by atoms with Gasteiger partial charge in [-0.05, 0) is 91.5 Å². The molecule has 0 fully saturated rings. The topological polar surface area (TPSA) is 64.4 Å². The lowest BCUT2D eigenvalue weighted by molar-refractivity contribution is -0.384.